The number of hydrogen-bond donors (Lipinski definition) is 2. The number of carbonyl (C=O) groups is 2. The van der Waals surface area contributed by atoms with Gasteiger partial charge in [-0.15, -0.1) is 0 Å². The Bertz CT molecular complexity index is 1080. The Hall–Kier alpha value is -3.21. The first-order chi connectivity index (χ1) is 10.7. The van der Waals surface area contributed by atoms with Crippen LogP contribution in [-0.2, 0) is 4.79 Å². The van der Waals surface area contributed by atoms with Gasteiger partial charge in [-0.25, -0.2) is 4.79 Å². The second-order valence-corrected chi connectivity index (χ2v) is 5.05. The van der Waals surface area contributed by atoms with Crippen molar-refractivity contribution in [2.24, 2.45) is 0 Å². The smallest absolute Gasteiger partial charge is 0.377 e. The molecule has 2 aromatic carbocycles. The first-order valence-corrected chi connectivity index (χ1v) is 6.72. The molecule has 0 bridgehead atoms. The molecule has 4 rings (SSSR count). The van der Waals surface area contributed by atoms with Crippen molar-refractivity contribution in [1.82, 2.24) is 9.97 Å². The van der Waals surface area contributed by atoms with Crippen molar-refractivity contribution in [3.05, 3.63) is 54.2 Å². The van der Waals surface area contributed by atoms with Crippen LogP contribution in [0.5, 0.6) is 0 Å². The molecule has 5 nitrogen and oxygen atoms in total. The highest BCUT2D eigenvalue weighted by Crippen LogP contribution is 2.32. The Morgan fingerprint density at radius 2 is 1.82 bits per heavy atom. The fourth-order valence-electron chi connectivity index (χ4n) is 2.87. The molecule has 0 spiro atoms. The van der Waals surface area contributed by atoms with Gasteiger partial charge in [-0.3, -0.25) is 9.78 Å². The lowest BCUT2D eigenvalue weighted by Crippen LogP contribution is -2.13. The Morgan fingerprint density at radius 1 is 1.00 bits per heavy atom. The number of ketones is 1. The first-order valence-electron chi connectivity index (χ1n) is 6.72. The summed E-state index contributed by atoms with van der Waals surface area (Å²) in [7, 11) is 0. The number of H-pyrrole nitrogens is 1. The Morgan fingerprint density at radius 3 is 2.64 bits per heavy atom. The molecule has 2 N–H and O–H groups in total. The van der Waals surface area contributed by atoms with E-state index in [9.17, 15) is 9.59 Å². The molecule has 5 heteroatoms. The molecule has 0 unspecified atom stereocenters. The van der Waals surface area contributed by atoms with E-state index in [-0.39, 0.29) is 5.56 Å². The third-order valence-electron chi connectivity index (χ3n) is 3.82. The van der Waals surface area contributed by atoms with Crippen molar-refractivity contribution < 1.29 is 14.7 Å². The van der Waals surface area contributed by atoms with Crippen LogP contribution >= 0.6 is 0 Å². The quantitative estimate of drug-likeness (QED) is 0.439. The molecule has 0 saturated carbocycles. The number of carboxylic acid groups (broad SMARTS) is 1. The normalized spacial score (nSPS) is 11.3. The van der Waals surface area contributed by atoms with Gasteiger partial charge < -0.3 is 10.1 Å². The average Bonchev–Trinajstić information content (AvgIpc) is 2.92. The number of aromatic amines is 1. The molecule has 0 amide bonds. The van der Waals surface area contributed by atoms with Crippen LogP contribution < -0.4 is 0 Å². The molecule has 0 saturated heterocycles. The molecule has 2 aromatic heterocycles. The van der Waals surface area contributed by atoms with Crippen LogP contribution in [0.25, 0.3) is 32.7 Å². The van der Waals surface area contributed by atoms with Gasteiger partial charge in [0.25, 0.3) is 5.78 Å². The summed E-state index contributed by atoms with van der Waals surface area (Å²) in [4.78, 5) is 30.6. The average molecular weight is 290 g/mol. The van der Waals surface area contributed by atoms with Crippen LogP contribution in [-0.4, -0.2) is 26.8 Å². The molecular weight excluding hydrogens is 280 g/mol. The highest BCUT2D eigenvalue weighted by atomic mass is 16.4. The molecule has 0 aliphatic carbocycles. The summed E-state index contributed by atoms with van der Waals surface area (Å²) in [5.41, 5.74) is 2.40. The lowest BCUT2D eigenvalue weighted by atomic mass is 10.0. The first kappa shape index (κ1) is 12.5. The number of nitrogens with one attached hydrogen (secondary N) is 1. The van der Waals surface area contributed by atoms with Crippen LogP contribution in [0.4, 0.5) is 0 Å². The standard InChI is InChI=1S/C17H10N2O3/c20-16(17(21)22)11-7-8-18-13-6-5-10-9-3-1-2-4-12(9)19-15(10)14(11)13/h1-8,19H,(H,21,22). The van der Waals surface area contributed by atoms with Crippen molar-refractivity contribution in [1.29, 1.82) is 0 Å². The maximum absolute atomic E-state index is 12.0. The number of pyridine rings is 1. The number of hydrogen-bond acceptors (Lipinski definition) is 3. The van der Waals surface area contributed by atoms with Crippen LogP contribution in [0, 0.1) is 0 Å². The highest BCUT2D eigenvalue weighted by molar-refractivity contribution is 6.43. The summed E-state index contributed by atoms with van der Waals surface area (Å²) in [6, 6.07) is 13.0. The maximum Gasteiger partial charge on any atom is 0.377 e. The maximum atomic E-state index is 12.0. The number of para-hydroxylation sites is 1. The van der Waals surface area contributed by atoms with Crippen LogP contribution in [0.2, 0.25) is 0 Å². The SMILES string of the molecule is O=C(O)C(=O)c1ccnc2ccc3c4ccccc4[nH]c3c12. The predicted molar refractivity (Wildman–Crippen MR) is 83.1 cm³/mol. The molecule has 0 aliphatic heterocycles. The predicted octanol–water partition coefficient (Wildman–Crippen LogP) is 3.14. The van der Waals surface area contributed by atoms with Gasteiger partial charge in [0, 0.05) is 33.4 Å². The molecule has 2 heterocycles. The number of nitrogens with zero attached hydrogens (tertiary/aromatic N) is 1. The number of fused-ring (bicyclic) bond motifs is 5. The summed E-state index contributed by atoms with van der Waals surface area (Å²) < 4.78 is 0. The van der Waals surface area contributed by atoms with Gasteiger partial charge in [-0.2, -0.15) is 0 Å². The van der Waals surface area contributed by atoms with Gasteiger partial charge in [0.1, 0.15) is 0 Å². The van der Waals surface area contributed by atoms with E-state index in [1.807, 2.05) is 30.3 Å². The van der Waals surface area contributed by atoms with Gasteiger partial charge in [0.15, 0.2) is 0 Å². The van der Waals surface area contributed by atoms with E-state index in [2.05, 4.69) is 9.97 Å². The van der Waals surface area contributed by atoms with Crippen molar-refractivity contribution >= 4 is 44.5 Å². The number of carboxylic acids is 1. The second kappa shape index (κ2) is 4.39. The van der Waals surface area contributed by atoms with Gasteiger partial charge in [0.05, 0.1) is 11.0 Å². The number of rotatable bonds is 2. The minimum absolute atomic E-state index is 0.148. The zero-order chi connectivity index (χ0) is 15.3. The van der Waals surface area contributed by atoms with Crippen LogP contribution in [0.3, 0.4) is 0 Å². The van der Waals surface area contributed by atoms with Gasteiger partial charge in [0.2, 0.25) is 0 Å². The number of aromatic nitrogens is 2. The van der Waals surface area contributed by atoms with Crippen LogP contribution in [0.1, 0.15) is 10.4 Å². The van der Waals surface area contributed by atoms with Gasteiger partial charge >= 0.3 is 5.97 Å². The summed E-state index contributed by atoms with van der Waals surface area (Å²) >= 11 is 0. The largest absolute Gasteiger partial charge is 0.475 e. The molecule has 0 aliphatic rings. The zero-order valence-electron chi connectivity index (χ0n) is 11.3. The minimum Gasteiger partial charge on any atom is -0.475 e. The molecule has 0 fully saturated rings. The topological polar surface area (TPSA) is 83.0 Å². The monoisotopic (exact) mass is 290 g/mol. The molecule has 0 atom stereocenters. The van der Waals surface area contributed by atoms with Crippen molar-refractivity contribution in [2.45, 2.75) is 0 Å². The van der Waals surface area contributed by atoms with E-state index in [0.29, 0.717) is 10.9 Å². The van der Waals surface area contributed by atoms with E-state index >= 15 is 0 Å². The number of aliphatic carboxylic acids is 1. The van der Waals surface area contributed by atoms with E-state index in [1.54, 1.807) is 6.07 Å². The molecule has 4 aromatic rings. The minimum atomic E-state index is -1.47. The Balaban J connectivity index is 2.23. The fraction of sp³-hybridized carbons (Fsp3) is 0. The summed E-state index contributed by atoms with van der Waals surface area (Å²) in [6.45, 7) is 0. The van der Waals surface area contributed by atoms with Crippen LogP contribution in [0.15, 0.2) is 48.7 Å². The highest BCUT2D eigenvalue weighted by Gasteiger charge is 2.20. The fourth-order valence-corrected chi connectivity index (χ4v) is 2.87. The second-order valence-electron chi connectivity index (χ2n) is 5.05. The summed E-state index contributed by atoms with van der Waals surface area (Å²) in [6.07, 6.45) is 1.45. The molecular formula is C17H10N2O3. The van der Waals surface area contributed by atoms with Gasteiger partial charge in [-0.1, -0.05) is 24.3 Å². The molecule has 0 radical (unpaired) electrons. The van der Waals surface area contributed by atoms with Crippen molar-refractivity contribution in [3.8, 4) is 0 Å². The Kier molecular flexibility index (Phi) is 2.50. The number of benzene rings is 2. The number of carbonyl (C=O) groups excluding carboxylic acids is 1. The summed E-state index contributed by atoms with van der Waals surface area (Å²) in [5.74, 6) is -2.40. The zero-order valence-corrected chi connectivity index (χ0v) is 11.3. The third-order valence-corrected chi connectivity index (χ3v) is 3.82. The van der Waals surface area contributed by atoms with E-state index < -0.39 is 11.8 Å². The molecule has 22 heavy (non-hydrogen) atoms. The van der Waals surface area contributed by atoms with Crippen molar-refractivity contribution in [3.63, 3.8) is 0 Å². The summed E-state index contributed by atoms with van der Waals surface area (Å²) in [5, 5.41) is 11.5. The lowest BCUT2D eigenvalue weighted by molar-refractivity contribution is -0.131. The van der Waals surface area contributed by atoms with E-state index in [0.717, 1.165) is 21.8 Å². The molecule has 106 valence electrons. The van der Waals surface area contributed by atoms with Crippen molar-refractivity contribution in [2.75, 3.05) is 0 Å². The van der Waals surface area contributed by atoms with E-state index in [4.69, 9.17) is 5.11 Å². The number of Topliss-reactive ketones (excluding diaryl/α,β-unsaturated/α-hetero) is 1. The van der Waals surface area contributed by atoms with E-state index in [1.165, 1.54) is 12.3 Å². The third kappa shape index (κ3) is 1.62. The Labute approximate surface area is 124 Å². The lowest BCUT2D eigenvalue weighted by Gasteiger charge is -2.04. The van der Waals surface area contributed by atoms with Gasteiger partial charge in [-0.05, 0) is 18.2 Å².